The topological polar surface area (TPSA) is 106 Å². The molecule has 0 radical (unpaired) electrons. The van der Waals surface area contributed by atoms with Crippen molar-refractivity contribution < 1.29 is 18.0 Å². The van der Waals surface area contributed by atoms with Crippen molar-refractivity contribution in [3.8, 4) is 10.6 Å². The fourth-order valence-corrected chi connectivity index (χ4v) is 5.05. The second-order valence-corrected chi connectivity index (χ2v) is 9.97. The zero-order valence-corrected chi connectivity index (χ0v) is 21.5. The smallest absolute Gasteiger partial charge is 0.358 e. The number of carbonyl (C=O) groups excluding carboxylic acids is 1. The molecule has 0 aliphatic rings. The van der Waals surface area contributed by atoms with E-state index in [1.54, 1.807) is 17.5 Å². The predicted molar refractivity (Wildman–Crippen MR) is 138 cm³/mol. The van der Waals surface area contributed by atoms with Crippen molar-refractivity contribution in [3.63, 3.8) is 0 Å². The Kier molecular flexibility index (Phi) is 8.24. The first-order valence-corrected chi connectivity index (χ1v) is 12.8. The molecule has 0 unspecified atom stereocenters. The maximum Gasteiger partial charge on any atom is 0.419 e. The van der Waals surface area contributed by atoms with Crippen LogP contribution in [0.4, 0.5) is 24.1 Å². The Bertz CT molecular complexity index is 1380. The van der Waals surface area contributed by atoms with E-state index in [4.69, 9.17) is 0 Å². The van der Waals surface area contributed by atoms with Gasteiger partial charge in [0.2, 0.25) is 6.41 Å². The number of allylic oxidation sites excluding steroid dienone is 1. The first kappa shape index (κ1) is 26.4. The van der Waals surface area contributed by atoms with Gasteiger partial charge in [-0.1, -0.05) is 12.1 Å². The molecule has 1 amide bonds. The highest BCUT2D eigenvalue weighted by Crippen LogP contribution is 2.33. The normalized spacial score (nSPS) is 12.0. The number of carbonyl (C=O) groups is 1. The summed E-state index contributed by atoms with van der Waals surface area (Å²) in [6.45, 7) is 4.24. The summed E-state index contributed by atoms with van der Waals surface area (Å²) in [5, 5.41) is 9.43. The minimum Gasteiger partial charge on any atom is -0.358 e. The highest BCUT2D eigenvalue weighted by Gasteiger charge is 2.31. The van der Waals surface area contributed by atoms with E-state index in [0.29, 0.717) is 42.3 Å². The Balaban J connectivity index is 1.43. The molecule has 2 N–H and O–H groups in total. The summed E-state index contributed by atoms with van der Waals surface area (Å²) in [7, 11) is 0. The standard InChI is InChI=1S/C24H22F3N7OS2/c1-14-21(37-15(2)32-14)19-12-36-23(33-19)34-20-6-4-16(9-29-20)3-5-17(7-8-28-13-35)22-30-10-18(11-31-22)24(25,26)27/h4-6,9-13H,3,7-8H2,1-2H3,(H,28,35)(H,29,33,34)/b17-5+. The Morgan fingerprint density at radius 2 is 1.86 bits per heavy atom. The van der Waals surface area contributed by atoms with Crippen LogP contribution in [0.25, 0.3) is 16.1 Å². The van der Waals surface area contributed by atoms with Gasteiger partial charge in [0.15, 0.2) is 11.0 Å². The monoisotopic (exact) mass is 545 g/mol. The summed E-state index contributed by atoms with van der Waals surface area (Å²) in [4.78, 5) is 32.9. The fraction of sp³-hybridized carbons (Fsp3) is 0.250. The first-order valence-electron chi connectivity index (χ1n) is 11.1. The number of pyridine rings is 1. The molecular formula is C24H22F3N7OS2. The molecule has 4 aromatic heterocycles. The van der Waals surface area contributed by atoms with Crippen molar-refractivity contribution in [1.82, 2.24) is 30.2 Å². The summed E-state index contributed by atoms with van der Waals surface area (Å²) < 4.78 is 38.5. The summed E-state index contributed by atoms with van der Waals surface area (Å²) in [6.07, 6.45) is 1.92. The van der Waals surface area contributed by atoms with Gasteiger partial charge in [0.05, 0.1) is 26.8 Å². The average Bonchev–Trinajstić information content (AvgIpc) is 3.47. The fourth-order valence-electron chi connectivity index (χ4n) is 3.39. The number of nitrogens with zero attached hydrogens (tertiary/aromatic N) is 5. The van der Waals surface area contributed by atoms with Crippen LogP contribution in [0.15, 0.2) is 42.2 Å². The molecule has 37 heavy (non-hydrogen) atoms. The Morgan fingerprint density at radius 1 is 1.08 bits per heavy atom. The van der Waals surface area contributed by atoms with E-state index in [1.165, 1.54) is 11.3 Å². The van der Waals surface area contributed by atoms with E-state index in [2.05, 4.69) is 35.6 Å². The first-order chi connectivity index (χ1) is 17.7. The summed E-state index contributed by atoms with van der Waals surface area (Å²) in [5.74, 6) is 0.810. The third kappa shape index (κ3) is 6.95. The molecule has 0 atom stereocenters. The molecule has 0 fully saturated rings. The van der Waals surface area contributed by atoms with Gasteiger partial charge in [-0.15, -0.1) is 22.7 Å². The van der Waals surface area contributed by atoms with Crippen LogP contribution in [0.3, 0.4) is 0 Å². The SMILES string of the molecule is Cc1nc(C)c(-c2csc(Nc3ccc(C/C=C(\CCNC=O)c4ncc(C(F)(F)F)cn4)cn3)n2)s1. The number of hydrogen-bond acceptors (Lipinski definition) is 9. The maximum atomic E-state index is 12.8. The molecule has 8 nitrogen and oxygen atoms in total. The molecule has 13 heteroatoms. The molecule has 0 aliphatic carbocycles. The van der Waals surface area contributed by atoms with E-state index in [9.17, 15) is 18.0 Å². The number of aromatic nitrogens is 5. The van der Waals surface area contributed by atoms with Crippen molar-refractivity contribution in [2.45, 2.75) is 32.9 Å². The predicted octanol–water partition coefficient (Wildman–Crippen LogP) is 5.59. The average molecular weight is 546 g/mol. The molecule has 0 aliphatic heterocycles. The van der Waals surface area contributed by atoms with Gasteiger partial charge in [-0.3, -0.25) is 4.79 Å². The zero-order valence-electron chi connectivity index (χ0n) is 19.8. The molecule has 0 spiro atoms. The molecule has 4 rings (SSSR count). The number of alkyl halides is 3. The maximum absolute atomic E-state index is 12.8. The molecule has 0 saturated carbocycles. The number of thiazole rings is 2. The van der Waals surface area contributed by atoms with Gasteiger partial charge in [-0.25, -0.2) is 24.9 Å². The quantitative estimate of drug-likeness (QED) is 0.198. The van der Waals surface area contributed by atoms with Gasteiger partial charge < -0.3 is 10.6 Å². The lowest BCUT2D eigenvalue weighted by Gasteiger charge is -2.09. The number of nitrogens with one attached hydrogen (secondary N) is 2. The zero-order chi connectivity index (χ0) is 26.4. The second-order valence-electron chi connectivity index (χ2n) is 7.91. The van der Waals surface area contributed by atoms with Crippen molar-refractivity contribution in [1.29, 1.82) is 0 Å². The minimum absolute atomic E-state index is 0.179. The van der Waals surface area contributed by atoms with Gasteiger partial charge in [-0.05, 0) is 43.9 Å². The van der Waals surface area contributed by atoms with Crippen LogP contribution < -0.4 is 10.6 Å². The van der Waals surface area contributed by atoms with Crippen LogP contribution in [-0.2, 0) is 17.4 Å². The molecule has 0 saturated heterocycles. The highest BCUT2D eigenvalue weighted by molar-refractivity contribution is 7.16. The van der Waals surface area contributed by atoms with Gasteiger partial charge in [0.1, 0.15) is 5.82 Å². The van der Waals surface area contributed by atoms with Crippen LogP contribution in [0.5, 0.6) is 0 Å². The lowest BCUT2D eigenvalue weighted by Crippen LogP contribution is -2.13. The molecule has 4 heterocycles. The second kappa shape index (κ2) is 11.6. The van der Waals surface area contributed by atoms with Crippen molar-refractivity contribution in [3.05, 3.63) is 69.8 Å². The summed E-state index contributed by atoms with van der Waals surface area (Å²) in [5.41, 5.74) is 2.42. The molecule has 192 valence electrons. The van der Waals surface area contributed by atoms with E-state index in [1.807, 2.05) is 37.4 Å². The van der Waals surface area contributed by atoms with Crippen LogP contribution >= 0.6 is 22.7 Å². The van der Waals surface area contributed by atoms with E-state index < -0.39 is 11.7 Å². The Hall–Kier alpha value is -3.71. The Labute approximate surface area is 218 Å². The van der Waals surface area contributed by atoms with Crippen LogP contribution in [0.2, 0.25) is 0 Å². The molecule has 4 aromatic rings. The number of halogens is 3. The number of aryl methyl sites for hydroxylation is 2. The van der Waals surface area contributed by atoms with Gasteiger partial charge in [-0.2, -0.15) is 13.2 Å². The lowest BCUT2D eigenvalue weighted by molar-refractivity contribution is -0.138. The third-order valence-electron chi connectivity index (χ3n) is 5.17. The largest absolute Gasteiger partial charge is 0.419 e. The van der Waals surface area contributed by atoms with Gasteiger partial charge in [0, 0.05) is 30.5 Å². The lowest BCUT2D eigenvalue weighted by atomic mass is 10.1. The number of anilines is 2. The Morgan fingerprint density at radius 3 is 2.49 bits per heavy atom. The van der Waals surface area contributed by atoms with Gasteiger partial charge in [0.25, 0.3) is 0 Å². The number of amides is 1. The minimum atomic E-state index is -4.51. The van der Waals surface area contributed by atoms with Crippen LogP contribution in [0, 0.1) is 13.8 Å². The van der Waals surface area contributed by atoms with E-state index in [-0.39, 0.29) is 5.82 Å². The molecule has 0 bridgehead atoms. The van der Waals surface area contributed by atoms with Crippen molar-refractivity contribution >= 4 is 45.6 Å². The van der Waals surface area contributed by atoms with Crippen molar-refractivity contribution in [2.75, 3.05) is 11.9 Å². The van der Waals surface area contributed by atoms with Crippen LogP contribution in [0.1, 0.15) is 34.1 Å². The molecule has 0 aromatic carbocycles. The van der Waals surface area contributed by atoms with Crippen molar-refractivity contribution in [2.24, 2.45) is 0 Å². The van der Waals surface area contributed by atoms with Crippen LogP contribution in [-0.4, -0.2) is 37.9 Å². The van der Waals surface area contributed by atoms with E-state index >= 15 is 0 Å². The number of rotatable bonds is 10. The summed E-state index contributed by atoms with van der Waals surface area (Å²) >= 11 is 3.08. The summed E-state index contributed by atoms with van der Waals surface area (Å²) in [6, 6.07) is 3.72. The highest BCUT2D eigenvalue weighted by atomic mass is 32.1. The molecular weight excluding hydrogens is 523 g/mol. The van der Waals surface area contributed by atoms with E-state index in [0.717, 1.165) is 39.2 Å². The third-order valence-corrected chi connectivity index (χ3v) is 7.03. The number of hydrogen-bond donors (Lipinski definition) is 2. The van der Waals surface area contributed by atoms with Gasteiger partial charge >= 0.3 is 6.18 Å².